The van der Waals surface area contributed by atoms with E-state index < -0.39 is 0 Å². The number of fused-ring (bicyclic) bond motifs is 6. The van der Waals surface area contributed by atoms with Gasteiger partial charge in [-0.25, -0.2) is 0 Å². The van der Waals surface area contributed by atoms with Gasteiger partial charge in [-0.2, -0.15) is 0 Å². The molecule has 5 heteroatoms. The van der Waals surface area contributed by atoms with Crippen LogP contribution in [0.5, 0.6) is 17.2 Å². The van der Waals surface area contributed by atoms with Crippen LogP contribution in [-0.2, 0) is 15.6 Å². The lowest BCUT2D eigenvalue weighted by molar-refractivity contribution is -0.114. The predicted octanol–water partition coefficient (Wildman–Crippen LogP) is 23.2. The molecular formula is C85H80O5. The number of phenols is 3. The molecule has 0 radical (unpaired) electrons. The molecule has 0 atom stereocenters. The largest absolute Gasteiger partial charge is 0.507 e. The normalized spacial score (nSPS) is 12.9. The van der Waals surface area contributed by atoms with Gasteiger partial charge in [-0.1, -0.05) is 283 Å². The van der Waals surface area contributed by atoms with E-state index in [1.807, 2.05) is 140 Å². The summed E-state index contributed by atoms with van der Waals surface area (Å²) in [5, 5.41) is 39.2. The van der Waals surface area contributed by atoms with Gasteiger partial charge >= 0.3 is 0 Å². The maximum atomic E-state index is 13.2. The number of allylic oxidation sites excluding steroid dienone is 5. The summed E-state index contributed by atoms with van der Waals surface area (Å²) in [6, 6.07) is 77.8. The van der Waals surface area contributed by atoms with Crippen LogP contribution in [0.15, 0.2) is 264 Å². The fourth-order valence-corrected chi connectivity index (χ4v) is 12.3. The van der Waals surface area contributed by atoms with Crippen LogP contribution < -0.4 is 0 Å². The standard InChI is InChI=1S/C32H20O2.C29H42O2.C24H18O/c33-30-24-17-9-8-16-23(24)28(21-13-5-2-6-14-21)32-29(30)27-19-26(20-11-3-1-4-12-20)22-15-7-10-18-25(22)31(27)34-32;1-26(2,3)20-14-18(15-21(24(20)30)27(4,5)6)13-19-16-22(28(7,8)9)25(31)23(17-19)29(10,11)12;25-24-22(19-12-6-2-7-13-19)16-21(18-10-4-1-5-11-18)17-23(24)20-14-8-3-9-15-20/h1-19,33H;13-17,30H,1-12H3;1-17,25H. The predicted molar refractivity (Wildman–Crippen MR) is 379 cm³/mol. The lowest BCUT2D eigenvalue weighted by Gasteiger charge is -2.31. The molecule has 0 bridgehead atoms. The third kappa shape index (κ3) is 12.6. The third-order valence-corrected chi connectivity index (χ3v) is 17.0. The first-order valence-electron chi connectivity index (χ1n) is 31.1. The summed E-state index contributed by atoms with van der Waals surface area (Å²) in [6.07, 6.45) is 6.23. The number of Topliss-reactive ketones (excluding diaryl/α,β-unsaturated/α-hetero) is 1. The summed E-state index contributed by atoms with van der Waals surface area (Å²) in [7, 11) is 0. The van der Waals surface area contributed by atoms with Gasteiger partial charge in [0.1, 0.15) is 28.4 Å². The molecule has 0 aliphatic heterocycles. The van der Waals surface area contributed by atoms with E-state index in [0.717, 1.165) is 127 Å². The average molecular weight is 1180 g/mol. The minimum absolute atomic E-state index is 0.147. The van der Waals surface area contributed by atoms with Crippen molar-refractivity contribution in [2.75, 3.05) is 0 Å². The van der Waals surface area contributed by atoms with E-state index in [9.17, 15) is 20.1 Å². The summed E-state index contributed by atoms with van der Waals surface area (Å²) in [6.45, 7) is 25.3. The zero-order chi connectivity index (χ0) is 63.9. The molecule has 0 fully saturated rings. The van der Waals surface area contributed by atoms with Crippen LogP contribution in [-0.4, -0.2) is 21.1 Å². The Kier molecular flexibility index (Phi) is 16.8. The van der Waals surface area contributed by atoms with E-state index in [2.05, 4.69) is 192 Å². The molecule has 1 heterocycles. The molecule has 0 saturated heterocycles. The first-order valence-corrected chi connectivity index (χ1v) is 31.1. The van der Waals surface area contributed by atoms with Crippen LogP contribution in [0.4, 0.5) is 0 Å². The van der Waals surface area contributed by atoms with Crippen LogP contribution >= 0.6 is 0 Å². The molecule has 0 amide bonds. The first kappa shape index (κ1) is 61.7. The van der Waals surface area contributed by atoms with Crippen molar-refractivity contribution in [1.29, 1.82) is 0 Å². The number of furan rings is 1. The van der Waals surface area contributed by atoms with Crippen LogP contribution in [0.1, 0.15) is 99.8 Å². The second-order valence-corrected chi connectivity index (χ2v) is 27.7. The van der Waals surface area contributed by atoms with Gasteiger partial charge < -0.3 is 19.7 Å². The SMILES string of the molecule is CC(C)(C)C1=CC(=Cc2cc(C(C)(C)C)c(O)c(C(C)(C)C)c2)C=C(C(C)(C)C)C1=O.Oc1c(-c2ccccc2)cc(-c2ccccc2)cc1-c1ccccc1.Oc1c2ccccc2c(-c2ccccc2)c2oc3c4ccccc4c(-c4ccccc4)cc3c12. The summed E-state index contributed by atoms with van der Waals surface area (Å²) in [5.74, 6) is 1.11. The summed E-state index contributed by atoms with van der Waals surface area (Å²) >= 11 is 0. The van der Waals surface area contributed by atoms with Crippen molar-refractivity contribution in [1.82, 2.24) is 0 Å². The molecule has 13 rings (SSSR count). The first-order chi connectivity index (χ1) is 42.9. The Hall–Kier alpha value is -9.97. The number of carbonyl (C=O) groups is 1. The summed E-state index contributed by atoms with van der Waals surface area (Å²) in [4.78, 5) is 13.2. The molecule has 0 unspecified atom stereocenters. The van der Waals surface area contributed by atoms with Gasteiger partial charge in [-0.3, -0.25) is 4.79 Å². The summed E-state index contributed by atoms with van der Waals surface area (Å²) < 4.78 is 6.67. The molecule has 3 N–H and O–H groups in total. The van der Waals surface area contributed by atoms with E-state index in [1.165, 1.54) is 0 Å². The Balaban J connectivity index is 0.000000141. The van der Waals surface area contributed by atoms with Crippen molar-refractivity contribution in [2.24, 2.45) is 10.8 Å². The molecule has 5 nitrogen and oxygen atoms in total. The van der Waals surface area contributed by atoms with E-state index >= 15 is 0 Å². The Bertz CT molecular complexity index is 4600. The average Bonchev–Trinajstić information content (AvgIpc) is 1.60. The van der Waals surface area contributed by atoms with Crippen molar-refractivity contribution in [3.63, 3.8) is 0 Å². The molecule has 1 aliphatic carbocycles. The van der Waals surface area contributed by atoms with Crippen LogP contribution in [0.2, 0.25) is 0 Å². The molecule has 90 heavy (non-hydrogen) atoms. The minimum Gasteiger partial charge on any atom is -0.507 e. The second-order valence-electron chi connectivity index (χ2n) is 27.7. The Morgan fingerprint density at radius 3 is 1.17 bits per heavy atom. The van der Waals surface area contributed by atoms with E-state index in [4.69, 9.17) is 4.42 Å². The smallest absolute Gasteiger partial charge is 0.186 e. The van der Waals surface area contributed by atoms with Crippen molar-refractivity contribution in [3.05, 3.63) is 276 Å². The minimum atomic E-state index is -0.233. The number of benzene rings is 11. The van der Waals surface area contributed by atoms with Crippen molar-refractivity contribution >= 4 is 55.3 Å². The fourth-order valence-electron chi connectivity index (χ4n) is 12.3. The maximum Gasteiger partial charge on any atom is 0.186 e. The van der Waals surface area contributed by atoms with E-state index in [1.54, 1.807) is 0 Å². The lowest BCUT2D eigenvalue weighted by Crippen LogP contribution is -2.27. The molecule has 0 spiro atoms. The Morgan fingerprint density at radius 2 is 0.722 bits per heavy atom. The van der Waals surface area contributed by atoms with E-state index in [0.29, 0.717) is 17.1 Å². The molecule has 0 saturated carbocycles. The number of aromatic hydroxyl groups is 3. The molecule has 11 aromatic carbocycles. The van der Waals surface area contributed by atoms with Crippen molar-refractivity contribution in [3.8, 4) is 72.9 Å². The van der Waals surface area contributed by atoms with Crippen LogP contribution in [0.3, 0.4) is 0 Å². The van der Waals surface area contributed by atoms with Crippen LogP contribution in [0.25, 0.3) is 105 Å². The number of carbonyl (C=O) groups excluding carboxylic acids is 1. The second kappa shape index (κ2) is 24.5. The number of ketones is 1. The van der Waals surface area contributed by atoms with Gasteiger partial charge in [0, 0.05) is 55.1 Å². The molecule has 1 aromatic heterocycles. The summed E-state index contributed by atoms with van der Waals surface area (Å²) in [5.41, 5.74) is 16.6. The zero-order valence-electron chi connectivity index (χ0n) is 53.8. The van der Waals surface area contributed by atoms with Gasteiger partial charge in [0.2, 0.25) is 0 Å². The molecule has 12 aromatic rings. The van der Waals surface area contributed by atoms with Crippen molar-refractivity contribution < 1.29 is 24.5 Å². The van der Waals surface area contributed by atoms with Gasteiger partial charge in [0.25, 0.3) is 0 Å². The number of hydrogen-bond acceptors (Lipinski definition) is 5. The zero-order valence-corrected chi connectivity index (χ0v) is 53.8. The van der Waals surface area contributed by atoms with Gasteiger partial charge in [0.15, 0.2) is 5.78 Å². The van der Waals surface area contributed by atoms with Crippen LogP contribution in [0, 0.1) is 10.8 Å². The highest BCUT2D eigenvalue weighted by atomic mass is 16.3. The molecular weight excluding hydrogens is 1100 g/mol. The fraction of sp³-hybridized carbons (Fsp3) is 0.188. The topological polar surface area (TPSA) is 90.9 Å². The highest BCUT2D eigenvalue weighted by Gasteiger charge is 2.35. The van der Waals surface area contributed by atoms with Gasteiger partial charge in [-0.05, 0) is 131 Å². The lowest BCUT2D eigenvalue weighted by atomic mass is 9.71. The monoisotopic (exact) mass is 1180 g/mol. The number of hydrogen-bond donors (Lipinski definition) is 3. The highest BCUT2D eigenvalue weighted by Crippen LogP contribution is 2.50. The quantitative estimate of drug-likeness (QED) is 0.154. The Morgan fingerprint density at radius 1 is 0.333 bits per heavy atom. The molecule has 1 aliphatic rings. The van der Waals surface area contributed by atoms with Gasteiger partial charge in [0.05, 0.1) is 5.39 Å². The van der Waals surface area contributed by atoms with Crippen molar-refractivity contribution in [2.45, 2.75) is 93.9 Å². The van der Waals surface area contributed by atoms with Gasteiger partial charge in [-0.15, -0.1) is 0 Å². The number of rotatable bonds is 6. The Labute approximate surface area is 530 Å². The van der Waals surface area contributed by atoms with E-state index in [-0.39, 0.29) is 33.2 Å². The number of phenolic OH excluding ortho intramolecular Hbond substituents is 3. The molecule has 450 valence electrons. The maximum absolute atomic E-state index is 13.2. The third-order valence-electron chi connectivity index (χ3n) is 17.0. The highest BCUT2D eigenvalue weighted by molar-refractivity contribution is 6.27.